The third-order valence-corrected chi connectivity index (χ3v) is 15.5. The number of likely N-dealkylation sites (tertiary alicyclic amines) is 1. The van der Waals surface area contributed by atoms with Gasteiger partial charge in [0.2, 0.25) is 8.32 Å². The number of phenols is 1. The van der Waals surface area contributed by atoms with E-state index < -0.39 is 26.6 Å². The summed E-state index contributed by atoms with van der Waals surface area (Å²) in [5, 5.41) is 20.3. The smallest absolute Gasteiger partial charge is 0.407 e. The summed E-state index contributed by atoms with van der Waals surface area (Å²) in [4.78, 5) is 16.2. The van der Waals surface area contributed by atoms with Crippen molar-refractivity contribution in [1.29, 1.82) is 0 Å². The van der Waals surface area contributed by atoms with Crippen molar-refractivity contribution in [2.24, 2.45) is 0 Å². The minimum absolute atomic E-state index is 0.185. The number of carbonyl (C=O) groups is 1. The Morgan fingerprint density at radius 2 is 1.59 bits per heavy atom. The Hall–Kier alpha value is -2.79. The van der Waals surface area contributed by atoms with Gasteiger partial charge < -0.3 is 38.6 Å². The van der Waals surface area contributed by atoms with Gasteiger partial charge in [0, 0.05) is 32.7 Å². The monoisotopic (exact) mass is 628 g/mol. The number of rotatable bonds is 13. The van der Waals surface area contributed by atoms with E-state index in [9.17, 15) is 15.0 Å². The largest absolute Gasteiger partial charge is 0.508 e. The second-order valence-corrected chi connectivity index (χ2v) is 18.6. The molecule has 0 aromatic heterocycles. The number of para-hydroxylation sites is 2. The summed E-state index contributed by atoms with van der Waals surface area (Å²) < 4.78 is 25.7. The lowest BCUT2D eigenvalue weighted by Crippen LogP contribution is -2.60. The van der Waals surface area contributed by atoms with Crippen molar-refractivity contribution >= 4 is 20.1 Å². The van der Waals surface area contributed by atoms with Crippen molar-refractivity contribution < 1.29 is 33.6 Å². The van der Waals surface area contributed by atoms with Crippen LogP contribution >= 0.6 is 0 Å². The Morgan fingerprint density at radius 3 is 2.20 bits per heavy atom. The third-order valence-electron chi connectivity index (χ3n) is 9.41. The van der Waals surface area contributed by atoms with E-state index in [2.05, 4.69) is 52.5 Å². The van der Waals surface area contributed by atoms with Gasteiger partial charge in [0.1, 0.15) is 17.6 Å². The van der Waals surface area contributed by atoms with Crippen LogP contribution in [0.3, 0.4) is 0 Å². The van der Waals surface area contributed by atoms with Gasteiger partial charge in [-0.2, -0.15) is 0 Å². The SMILES string of the molecule is COCCCN1CC(COC2CN(C(=O)O)CC(O[Si](C(C)C)(C(C)C)C(C)C)C2c2ccc(O)cc2)Oc2ccccc21. The standard InChI is InChI=1S/C34H52N2O7Si/c1-23(2)44(24(3)4,25(5)6)43-32-21-36(34(38)39)20-31(33(32)26-13-15-27(37)16-14-26)41-22-28-19-35(17-10-18-40-7)29-11-8-9-12-30(29)42-28/h8-9,11-16,23-25,28,31-33,37H,10,17-22H2,1-7H3,(H,38,39). The molecule has 0 saturated carbocycles. The molecule has 2 aromatic rings. The highest BCUT2D eigenvalue weighted by Crippen LogP contribution is 2.46. The fraction of sp³-hybridized carbons (Fsp3) is 0.618. The molecule has 244 valence electrons. The van der Waals surface area contributed by atoms with Crippen LogP contribution < -0.4 is 9.64 Å². The average Bonchev–Trinajstić information content (AvgIpc) is 2.98. The van der Waals surface area contributed by atoms with Gasteiger partial charge >= 0.3 is 6.09 Å². The molecule has 9 nitrogen and oxygen atoms in total. The number of methoxy groups -OCH3 is 1. The predicted molar refractivity (Wildman–Crippen MR) is 176 cm³/mol. The number of anilines is 1. The summed E-state index contributed by atoms with van der Waals surface area (Å²) in [5.74, 6) is 0.784. The van der Waals surface area contributed by atoms with Crippen molar-refractivity contribution in [2.75, 3.05) is 51.4 Å². The lowest BCUT2D eigenvalue weighted by Gasteiger charge is -2.50. The van der Waals surface area contributed by atoms with E-state index in [0.717, 1.165) is 30.0 Å². The van der Waals surface area contributed by atoms with E-state index >= 15 is 0 Å². The molecule has 2 N–H and O–H groups in total. The molecule has 0 bridgehead atoms. The number of hydrogen-bond acceptors (Lipinski definition) is 7. The number of benzene rings is 2. The molecule has 1 amide bonds. The topological polar surface area (TPSA) is 101 Å². The Bertz CT molecular complexity index is 1190. The molecule has 0 spiro atoms. The number of piperidine rings is 1. The van der Waals surface area contributed by atoms with Crippen molar-refractivity contribution in [3.63, 3.8) is 0 Å². The van der Waals surface area contributed by atoms with Crippen LogP contribution in [0.15, 0.2) is 48.5 Å². The van der Waals surface area contributed by atoms with Gasteiger partial charge in [0.25, 0.3) is 0 Å². The molecule has 0 aliphatic carbocycles. The zero-order chi connectivity index (χ0) is 32.0. The number of hydrogen-bond donors (Lipinski definition) is 2. The number of fused-ring (bicyclic) bond motifs is 1. The molecule has 4 rings (SSSR count). The van der Waals surface area contributed by atoms with Gasteiger partial charge in [-0.3, -0.25) is 0 Å². The van der Waals surface area contributed by atoms with Gasteiger partial charge in [-0.25, -0.2) is 4.79 Å². The summed E-state index contributed by atoms with van der Waals surface area (Å²) in [6, 6.07) is 15.2. The molecule has 1 fully saturated rings. The second kappa shape index (κ2) is 15.0. The predicted octanol–water partition coefficient (Wildman–Crippen LogP) is 6.72. The Labute approximate surface area is 264 Å². The molecular formula is C34H52N2O7Si. The number of amides is 1. The molecule has 2 aliphatic heterocycles. The van der Waals surface area contributed by atoms with Gasteiger partial charge in [0.15, 0.2) is 0 Å². The molecule has 10 heteroatoms. The van der Waals surface area contributed by atoms with E-state index in [1.165, 1.54) is 4.90 Å². The highest BCUT2D eigenvalue weighted by atomic mass is 28.4. The van der Waals surface area contributed by atoms with Crippen LogP contribution in [-0.4, -0.2) is 94.3 Å². The quantitative estimate of drug-likeness (QED) is 0.186. The molecule has 4 atom stereocenters. The van der Waals surface area contributed by atoms with Crippen LogP contribution in [-0.2, 0) is 13.9 Å². The highest BCUT2D eigenvalue weighted by molar-refractivity contribution is 6.77. The molecule has 2 heterocycles. The maximum Gasteiger partial charge on any atom is 0.407 e. The molecule has 0 radical (unpaired) electrons. The van der Waals surface area contributed by atoms with Gasteiger partial charge in [-0.05, 0) is 52.9 Å². The number of ether oxygens (including phenoxy) is 3. The fourth-order valence-electron chi connectivity index (χ4n) is 7.50. The number of phenolic OH excluding ortho intramolecular Hbond substituents is 1. The van der Waals surface area contributed by atoms with Crippen molar-refractivity contribution in [3.8, 4) is 11.5 Å². The van der Waals surface area contributed by atoms with E-state index in [1.807, 2.05) is 30.3 Å². The molecular weight excluding hydrogens is 576 g/mol. The first kappa shape index (κ1) is 34.1. The third kappa shape index (κ3) is 7.53. The van der Waals surface area contributed by atoms with E-state index in [4.69, 9.17) is 18.6 Å². The zero-order valence-corrected chi connectivity index (χ0v) is 28.4. The lowest BCUT2D eigenvalue weighted by atomic mass is 9.84. The Morgan fingerprint density at radius 1 is 0.955 bits per heavy atom. The van der Waals surface area contributed by atoms with Crippen LogP contribution in [0.2, 0.25) is 16.6 Å². The molecule has 2 aromatic carbocycles. The first-order chi connectivity index (χ1) is 21.0. The maximum absolute atomic E-state index is 12.5. The van der Waals surface area contributed by atoms with E-state index in [1.54, 1.807) is 19.2 Å². The highest BCUT2D eigenvalue weighted by Gasteiger charge is 2.51. The summed E-state index contributed by atoms with van der Waals surface area (Å²) >= 11 is 0. The summed E-state index contributed by atoms with van der Waals surface area (Å²) in [6.07, 6.45) is -1.18. The van der Waals surface area contributed by atoms with E-state index in [0.29, 0.717) is 36.4 Å². The molecule has 44 heavy (non-hydrogen) atoms. The fourth-order valence-corrected chi connectivity index (χ4v) is 13.1. The molecule has 1 saturated heterocycles. The first-order valence-corrected chi connectivity index (χ1v) is 18.2. The summed E-state index contributed by atoms with van der Waals surface area (Å²) in [5.41, 5.74) is 3.03. The van der Waals surface area contributed by atoms with Gasteiger partial charge in [-0.15, -0.1) is 0 Å². The number of aromatic hydroxyl groups is 1. The van der Waals surface area contributed by atoms with Gasteiger partial charge in [-0.1, -0.05) is 65.8 Å². The Balaban J connectivity index is 1.64. The minimum atomic E-state index is -2.38. The summed E-state index contributed by atoms with van der Waals surface area (Å²) in [7, 11) is -0.667. The average molecular weight is 629 g/mol. The molecule has 2 aliphatic rings. The number of nitrogens with zero attached hydrogens (tertiary/aromatic N) is 2. The van der Waals surface area contributed by atoms with Crippen molar-refractivity contribution in [1.82, 2.24) is 4.90 Å². The van der Waals surface area contributed by atoms with E-state index in [-0.39, 0.29) is 30.9 Å². The van der Waals surface area contributed by atoms with Crippen molar-refractivity contribution in [2.45, 2.75) is 88.8 Å². The van der Waals surface area contributed by atoms with Crippen LogP contribution in [0.25, 0.3) is 0 Å². The lowest BCUT2D eigenvalue weighted by molar-refractivity contribution is -0.0740. The normalized spacial score (nSPS) is 22.4. The van der Waals surface area contributed by atoms with Gasteiger partial charge in [0.05, 0.1) is 37.6 Å². The zero-order valence-electron chi connectivity index (χ0n) is 27.4. The second-order valence-electron chi connectivity index (χ2n) is 13.2. The van der Waals surface area contributed by atoms with Crippen LogP contribution in [0, 0.1) is 0 Å². The van der Waals surface area contributed by atoms with Crippen molar-refractivity contribution in [3.05, 3.63) is 54.1 Å². The maximum atomic E-state index is 12.5. The van der Waals surface area contributed by atoms with Crippen LogP contribution in [0.5, 0.6) is 11.5 Å². The minimum Gasteiger partial charge on any atom is -0.508 e. The van der Waals surface area contributed by atoms with Crippen LogP contribution in [0.4, 0.5) is 10.5 Å². The summed E-state index contributed by atoms with van der Waals surface area (Å²) in [6.45, 7) is 16.4. The number of carboxylic acid groups (broad SMARTS) is 1. The molecule has 4 unspecified atom stereocenters. The first-order valence-electron chi connectivity index (χ1n) is 16.0. The Kier molecular flexibility index (Phi) is 11.6. The van der Waals surface area contributed by atoms with Crippen LogP contribution in [0.1, 0.15) is 59.4 Å².